The molecule has 2 aromatic rings. The molecule has 3 atom stereocenters. The molecule has 0 saturated carbocycles. The molecular weight excluding hydrogens is 634 g/mol. The fraction of sp³-hybridized carbons (Fsp3) is 0.300. The Morgan fingerprint density at radius 3 is 2.42 bits per heavy atom. The van der Waals surface area contributed by atoms with E-state index in [1.54, 1.807) is 63.3 Å². The lowest BCUT2D eigenvalue weighted by Gasteiger charge is -2.39. The summed E-state index contributed by atoms with van der Waals surface area (Å²) in [4.78, 5) is 26.5. The maximum Gasteiger partial charge on any atom is 0.433 e. The van der Waals surface area contributed by atoms with E-state index in [0.29, 0.717) is 20.3 Å². The molecule has 1 aliphatic heterocycles. The Balaban J connectivity index is 1.86. The number of carbonyl (C=O) groups is 2. The molecule has 0 aromatic heterocycles. The molecule has 0 spiro atoms. The van der Waals surface area contributed by atoms with E-state index in [0.717, 1.165) is 0 Å². The van der Waals surface area contributed by atoms with Crippen LogP contribution in [0.5, 0.6) is 0 Å². The third-order valence-electron chi connectivity index (χ3n) is 7.19. The van der Waals surface area contributed by atoms with E-state index >= 15 is 0 Å². The van der Waals surface area contributed by atoms with E-state index < -0.39 is 41.3 Å². The van der Waals surface area contributed by atoms with Crippen molar-refractivity contribution in [2.45, 2.75) is 50.4 Å². The lowest BCUT2D eigenvalue weighted by atomic mass is 9.65. The van der Waals surface area contributed by atoms with Crippen molar-refractivity contribution in [1.82, 2.24) is 5.32 Å². The maximum atomic E-state index is 14.8. The zero-order valence-corrected chi connectivity index (χ0v) is 24.1. The van der Waals surface area contributed by atoms with E-state index in [-0.39, 0.29) is 22.9 Å². The van der Waals surface area contributed by atoms with Crippen LogP contribution in [0.2, 0.25) is 0 Å². The largest absolute Gasteiger partial charge is 0.471 e. The summed E-state index contributed by atoms with van der Waals surface area (Å²) in [5, 5.41) is 12.5. The Kier molecular flexibility index (Phi) is 7.91. The van der Waals surface area contributed by atoms with Crippen LogP contribution < -0.4 is 11.1 Å². The molecule has 0 bridgehead atoms. The van der Waals surface area contributed by atoms with Crippen molar-refractivity contribution in [3.63, 3.8) is 0 Å². The number of alkyl halides is 3. The number of amides is 2. The van der Waals surface area contributed by atoms with Gasteiger partial charge in [-0.05, 0) is 54.5 Å². The highest BCUT2D eigenvalue weighted by atomic mass is 127. The van der Waals surface area contributed by atoms with E-state index in [4.69, 9.17) is 10.5 Å². The number of primary amides is 1. The zero-order valence-electron chi connectivity index (χ0n) is 22.0. The number of nitrogens with two attached hydrogens (primary N) is 1. The van der Waals surface area contributed by atoms with Crippen molar-refractivity contribution in [3.8, 4) is 6.07 Å². The van der Waals surface area contributed by atoms with Crippen LogP contribution in [0.3, 0.4) is 0 Å². The normalized spacial score (nSPS) is 24.4. The Labute approximate surface area is 243 Å². The number of allylic oxidation sites excluding steroid dienone is 2. The predicted molar refractivity (Wildman–Crippen MR) is 152 cm³/mol. The molecule has 208 valence electrons. The van der Waals surface area contributed by atoms with Gasteiger partial charge in [-0.1, -0.05) is 66.8 Å². The molecule has 0 radical (unpaired) electrons. The number of aryl methyl sites for hydroxylation is 1. The molecule has 6 nitrogen and oxygen atoms in total. The summed E-state index contributed by atoms with van der Waals surface area (Å²) in [5.74, 6) is -2.38. The number of hydrogen-bond donors (Lipinski definition) is 2. The van der Waals surface area contributed by atoms with Crippen molar-refractivity contribution in [2.75, 3.05) is 0 Å². The monoisotopic (exact) mass is 661 g/mol. The van der Waals surface area contributed by atoms with E-state index in [1.165, 1.54) is 24.3 Å². The molecule has 2 aromatic carbocycles. The van der Waals surface area contributed by atoms with Crippen molar-refractivity contribution in [3.05, 3.63) is 98.2 Å². The number of nitrogens with zero attached hydrogens (tertiary/aromatic N) is 1. The van der Waals surface area contributed by atoms with Gasteiger partial charge in [0.15, 0.2) is 0 Å². The summed E-state index contributed by atoms with van der Waals surface area (Å²) >= 11 is 1.98. The summed E-state index contributed by atoms with van der Waals surface area (Å²) in [5.41, 5.74) is 2.11. The van der Waals surface area contributed by atoms with Gasteiger partial charge in [-0.15, -0.1) is 0 Å². The van der Waals surface area contributed by atoms with Crippen LogP contribution in [0.15, 0.2) is 75.9 Å². The van der Waals surface area contributed by atoms with Crippen LogP contribution in [0.1, 0.15) is 42.5 Å². The van der Waals surface area contributed by atoms with Gasteiger partial charge in [-0.25, -0.2) is 0 Å². The molecule has 4 rings (SSSR count). The molecule has 2 amide bonds. The van der Waals surface area contributed by atoms with Gasteiger partial charge in [-0.3, -0.25) is 9.59 Å². The van der Waals surface area contributed by atoms with Crippen LogP contribution in [0.25, 0.3) is 5.76 Å². The minimum absolute atomic E-state index is 0.126. The topological polar surface area (TPSA) is 105 Å². The van der Waals surface area contributed by atoms with Crippen LogP contribution in [-0.2, 0) is 25.3 Å². The predicted octanol–water partition coefficient (Wildman–Crippen LogP) is 5.86. The van der Waals surface area contributed by atoms with Crippen molar-refractivity contribution < 1.29 is 27.5 Å². The van der Waals surface area contributed by atoms with Gasteiger partial charge in [0.1, 0.15) is 11.2 Å². The Morgan fingerprint density at radius 2 is 1.88 bits per heavy atom. The number of nitrogens with one attached hydrogen (secondary N) is 1. The first-order valence-corrected chi connectivity index (χ1v) is 13.6. The van der Waals surface area contributed by atoms with Crippen LogP contribution in [0.4, 0.5) is 13.2 Å². The van der Waals surface area contributed by atoms with Gasteiger partial charge in [0, 0.05) is 27.2 Å². The van der Waals surface area contributed by atoms with E-state index in [9.17, 15) is 28.0 Å². The average molecular weight is 661 g/mol. The Hall–Kier alpha value is -3.59. The first-order valence-electron chi connectivity index (χ1n) is 12.5. The summed E-state index contributed by atoms with van der Waals surface area (Å²) in [7, 11) is 0. The second-order valence-electron chi connectivity index (χ2n) is 10.2. The first kappa shape index (κ1) is 29.4. The van der Waals surface area contributed by atoms with Gasteiger partial charge in [-0.2, -0.15) is 18.4 Å². The molecule has 1 heterocycles. The second-order valence-corrected chi connectivity index (χ2v) is 11.4. The Bertz CT molecular complexity index is 1490. The number of carbonyl (C=O) groups excluding carboxylic acids is 2. The molecular formula is C30H27F3IN3O3. The summed E-state index contributed by atoms with van der Waals surface area (Å²) in [6, 6.07) is 13.8. The maximum absolute atomic E-state index is 14.8. The average Bonchev–Trinajstić information content (AvgIpc) is 3.30. The SMILES string of the molecule is Cc1cc(C2(C(F)(F)F)CC(C#N)=C(c3ccccc3)O2)ccc1C1(C(N)=O)C=CC=C(I)C1C(=O)NC(C)C. The quantitative estimate of drug-likeness (QED) is 0.379. The third-order valence-corrected chi connectivity index (χ3v) is 8.17. The number of nitriles is 1. The minimum atomic E-state index is -4.89. The molecule has 10 heteroatoms. The molecule has 0 saturated heterocycles. The number of rotatable bonds is 6. The highest BCUT2D eigenvalue weighted by molar-refractivity contribution is 14.1. The lowest BCUT2D eigenvalue weighted by Crippen LogP contribution is -2.53. The molecule has 3 N–H and O–H groups in total. The summed E-state index contributed by atoms with van der Waals surface area (Å²) in [6.07, 6.45) is -0.758. The van der Waals surface area contributed by atoms with E-state index in [1.807, 2.05) is 28.7 Å². The number of halogens is 4. The van der Waals surface area contributed by atoms with E-state index in [2.05, 4.69) is 5.32 Å². The molecule has 1 aliphatic carbocycles. The molecule has 0 fully saturated rings. The molecule has 3 unspecified atom stereocenters. The molecule has 2 aliphatic rings. The van der Waals surface area contributed by atoms with Crippen LogP contribution >= 0.6 is 22.6 Å². The minimum Gasteiger partial charge on any atom is -0.471 e. The summed E-state index contributed by atoms with van der Waals surface area (Å²) < 4.78 is 50.7. The van der Waals surface area contributed by atoms with Crippen LogP contribution in [-0.4, -0.2) is 24.0 Å². The summed E-state index contributed by atoms with van der Waals surface area (Å²) in [6.45, 7) is 5.13. The number of ether oxygens (including phenoxy) is 1. The lowest BCUT2D eigenvalue weighted by molar-refractivity contribution is -0.257. The zero-order chi connectivity index (χ0) is 29.5. The highest BCUT2D eigenvalue weighted by Gasteiger charge is 2.62. The van der Waals surface area contributed by atoms with Crippen LogP contribution in [0, 0.1) is 24.2 Å². The fourth-order valence-electron chi connectivity index (χ4n) is 5.38. The number of hydrogen-bond acceptors (Lipinski definition) is 4. The van der Waals surface area contributed by atoms with Gasteiger partial charge >= 0.3 is 6.18 Å². The van der Waals surface area contributed by atoms with Crippen molar-refractivity contribution in [2.24, 2.45) is 11.7 Å². The standard InChI is InChI=1S/C30H27F3IN3O3/c1-17(2)37-26(38)24-23(34)10-7-13-28(24,27(36)39)22-12-11-21(14-18(22)3)29(30(31,32)33)15-20(16-35)25(40-29)19-8-5-4-6-9-19/h4-14,17,24H,15H2,1-3H3,(H2,36,39)(H,37,38). The van der Waals surface area contributed by atoms with Gasteiger partial charge in [0.25, 0.3) is 0 Å². The highest BCUT2D eigenvalue weighted by Crippen LogP contribution is 2.55. The van der Waals surface area contributed by atoms with Gasteiger partial charge < -0.3 is 15.8 Å². The third kappa shape index (κ3) is 4.80. The van der Waals surface area contributed by atoms with Crippen molar-refractivity contribution in [1.29, 1.82) is 5.26 Å². The molecule has 40 heavy (non-hydrogen) atoms. The first-order chi connectivity index (χ1) is 18.8. The van der Waals surface area contributed by atoms with Crippen molar-refractivity contribution >= 4 is 40.2 Å². The smallest absolute Gasteiger partial charge is 0.433 e. The second kappa shape index (κ2) is 10.8. The van der Waals surface area contributed by atoms with Gasteiger partial charge in [0.2, 0.25) is 17.4 Å². The number of benzene rings is 2. The Morgan fingerprint density at radius 1 is 1.20 bits per heavy atom. The van der Waals surface area contributed by atoms with Gasteiger partial charge in [0.05, 0.1) is 17.6 Å². The fourth-order valence-corrected chi connectivity index (χ4v) is 6.36.